The van der Waals surface area contributed by atoms with Crippen LogP contribution in [-0.2, 0) is 9.53 Å². The van der Waals surface area contributed by atoms with Gasteiger partial charge in [-0.05, 0) is 51.2 Å². The maximum atomic E-state index is 12.8. The van der Waals surface area contributed by atoms with Crippen LogP contribution in [0, 0.1) is 19.8 Å². The minimum Gasteiger partial charge on any atom is -0.449 e. The Kier molecular flexibility index (Phi) is 5.78. The molecule has 5 heteroatoms. The van der Waals surface area contributed by atoms with Gasteiger partial charge < -0.3 is 10.1 Å². The van der Waals surface area contributed by atoms with E-state index in [1.807, 2.05) is 31.2 Å². The number of pyridine rings is 1. The molecule has 1 aromatic heterocycles. The van der Waals surface area contributed by atoms with E-state index in [0.29, 0.717) is 17.2 Å². The van der Waals surface area contributed by atoms with Crippen molar-refractivity contribution in [3.05, 3.63) is 41.1 Å². The number of rotatable bonds is 4. The number of carbonyl (C=O) groups excluding carboxylic acids is 2. The minimum absolute atomic E-state index is 0.165. The van der Waals surface area contributed by atoms with Gasteiger partial charge in [0.2, 0.25) is 0 Å². The summed E-state index contributed by atoms with van der Waals surface area (Å²) in [6.45, 7) is 7.47. The second-order valence-corrected chi connectivity index (χ2v) is 7.64. The highest BCUT2D eigenvalue weighted by Gasteiger charge is 2.27. The number of fused-ring (bicyclic) bond motifs is 1. The number of para-hydroxylation sites is 1. The maximum Gasteiger partial charge on any atom is 0.341 e. The number of aromatic nitrogens is 1. The summed E-state index contributed by atoms with van der Waals surface area (Å²) >= 11 is 0. The zero-order valence-electron chi connectivity index (χ0n) is 16.5. The average molecular weight is 368 g/mol. The molecule has 5 nitrogen and oxygen atoms in total. The predicted molar refractivity (Wildman–Crippen MR) is 106 cm³/mol. The molecule has 2 aromatic rings. The van der Waals surface area contributed by atoms with E-state index in [9.17, 15) is 9.59 Å². The van der Waals surface area contributed by atoms with Crippen molar-refractivity contribution in [1.82, 2.24) is 10.3 Å². The number of carbonyl (C=O) groups is 2. The van der Waals surface area contributed by atoms with E-state index in [1.165, 1.54) is 6.42 Å². The Balaban J connectivity index is 1.73. The lowest BCUT2D eigenvalue weighted by molar-refractivity contribution is -0.130. The average Bonchev–Trinajstić information content (AvgIpc) is 2.63. The molecular weight excluding hydrogens is 340 g/mol. The Bertz CT molecular complexity index is 862. The van der Waals surface area contributed by atoms with Gasteiger partial charge in [0.1, 0.15) is 0 Å². The number of benzene rings is 1. The number of hydrogen-bond acceptors (Lipinski definition) is 4. The van der Waals surface area contributed by atoms with Crippen molar-refractivity contribution in [3.8, 4) is 0 Å². The summed E-state index contributed by atoms with van der Waals surface area (Å²) in [5, 5.41) is 3.97. The molecule has 1 N–H and O–H groups in total. The number of ether oxygens (including phenoxy) is 1. The van der Waals surface area contributed by atoms with Gasteiger partial charge in [-0.1, -0.05) is 38.0 Å². The molecule has 3 rings (SSSR count). The Morgan fingerprint density at radius 2 is 1.89 bits per heavy atom. The van der Waals surface area contributed by atoms with E-state index in [-0.39, 0.29) is 11.9 Å². The molecule has 3 atom stereocenters. The third-order valence-corrected chi connectivity index (χ3v) is 5.63. The van der Waals surface area contributed by atoms with E-state index < -0.39 is 12.1 Å². The highest BCUT2D eigenvalue weighted by molar-refractivity contribution is 5.99. The summed E-state index contributed by atoms with van der Waals surface area (Å²) in [7, 11) is 0. The monoisotopic (exact) mass is 368 g/mol. The summed E-state index contributed by atoms with van der Waals surface area (Å²) in [5.41, 5.74) is 2.74. The van der Waals surface area contributed by atoms with E-state index in [2.05, 4.69) is 17.2 Å². The SMILES string of the molecule is Cc1nc2ccccc2c(C)c1C(=O)O[C@H](C)C(=O)N[C@H]1CCCC[C@@H]1C. The Labute approximate surface area is 160 Å². The molecule has 0 bridgehead atoms. The topological polar surface area (TPSA) is 68.3 Å². The third-order valence-electron chi connectivity index (χ3n) is 5.63. The van der Waals surface area contributed by atoms with E-state index >= 15 is 0 Å². The molecule has 0 unspecified atom stereocenters. The number of amides is 1. The van der Waals surface area contributed by atoms with Crippen LogP contribution in [0.25, 0.3) is 10.9 Å². The molecule has 0 radical (unpaired) electrons. The van der Waals surface area contributed by atoms with Gasteiger partial charge in [0.25, 0.3) is 5.91 Å². The zero-order valence-corrected chi connectivity index (χ0v) is 16.5. The summed E-state index contributed by atoms with van der Waals surface area (Å²) in [6, 6.07) is 7.87. The van der Waals surface area contributed by atoms with E-state index in [4.69, 9.17) is 4.74 Å². The van der Waals surface area contributed by atoms with Gasteiger partial charge >= 0.3 is 5.97 Å². The first kappa shape index (κ1) is 19.3. The molecule has 27 heavy (non-hydrogen) atoms. The molecule has 1 heterocycles. The Morgan fingerprint density at radius 3 is 2.63 bits per heavy atom. The second-order valence-electron chi connectivity index (χ2n) is 7.64. The summed E-state index contributed by atoms with van der Waals surface area (Å²) in [6.07, 6.45) is 3.62. The molecule has 1 aliphatic rings. The van der Waals surface area contributed by atoms with E-state index in [0.717, 1.165) is 35.7 Å². The number of esters is 1. The number of aryl methyl sites for hydroxylation is 2. The van der Waals surface area contributed by atoms with Gasteiger partial charge in [-0.2, -0.15) is 0 Å². The van der Waals surface area contributed by atoms with Crippen molar-refractivity contribution < 1.29 is 14.3 Å². The molecule has 1 fully saturated rings. The highest BCUT2D eigenvalue weighted by atomic mass is 16.5. The number of nitrogens with one attached hydrogen (secondary N) is 1. The Hall–Kier alpha value is -2.43. The van der Waals surface area contributed by atoms with Gasteiger partial charge in [-0.3, -0.25) is 9.78 Å². The zero-order chi connectivity index (χ0) is 19.6. The molecule has 1 saturated carbocycles. The number of hydrogen-bond donors (Lipinski definition) is 1. The van der Waals surface area contributed by atoms with Crippen LogP contribution >= 0.6 is 0 Å². The maximum absolute atomic E-state index is 12.8. The van der Waals surface area contributed by atoms with Crippen LogP contribution in [0.5, 0.6) is 0 Å². The summed E-state index contributed by atoms with van der Waals surface area (Å²) in [4.78, 5) is 29.8. The van der Waals surface area contributed by atoms with Gasteiger partial charge in [-0.25, -0.2) is 4.79 Å². The first-order valence-electron chi connectivity index (χ1n) is 9.75. The van der Waals surface area contributed by atoms with Gasteiger partial charge in [0.05, 0.1) is 16.8 Å². The fourth-order valence-corrected chi connectivity index (χ4v) is 3.94. The first-order chi connectivity index (χ1) is 12.9. The Morgan fingerprint density at radius 1 is 1.19 bits per heavy atom. The van der Waals surface area contributed by atoms with Gasteiger partial charge in [0, 0.05) is 11.4 Å². The lowest BCUT2D eigenvalue weighted by Gasteiger charge is -2.30. The van der Waals surface area contributed by atoms with Crippen LogP contribution < -0.4 is 5.32 Å². The highest BCUT2D eigenvalue weighted by Crippen LogP contribution is 2.25. The summed E-state index contributed by atoms with van der Waals surface area (Å²) < 4.78 is 5.49. The first-order valence-corrected chi connectivity index (χ1v) is 9.75. The third kappa shape index (κ3) is 4.12. The van der Waals surface area contributed by atoms with Crippen LogP contribution in [-0.4, -0.2) is 29.0 Å². The lowest BCUT2D eigenvalue weighted by atomic mass is 9.86. The molecule has 1 aromatic carbocycles. The van der Waals surface area contributed by atoms with Crippen molar-refractivity contribution in [2.75, 3.05) is 0 Å². The van der Waals surface area contributed by atoms with Crippen molar-refractivity contribution in [2.24, 2.45) is 5.92 Å². The van der Waals surface area contributed by atoms with Crippen molar-refractivity contribution in [2.45, 2.75) is 65.5 Å². The smallest absolute Gasteiger partial charge is 0.341 e. The van der Waals surface area contributed by atoms with E-state index in [1.54, 1.807) is 13.8 Å². The normalized spacial score (nSPS) is 20.9. The summed E-state index contributed by atoms with van der Waals surface area (Å²) in [5.74, 6) is -0.270. The van der Waals surface area contributed by atoms with Crippen LogP contribution in [0.15, 0.2) is 24.3 Å². The van der Waals surface area contributed by atoms with Crippen molar-refractivity contribution in [1.29, 1.82) is 0 Å². The molecule has 0 saturated heterocycles. The fourth-order valence-electron chi connectivity index (χ4n) is 3.94. The minimum atomic E-state index is -0.836. The van der Waals surface area contributed by atoms with Crippen LogP contribution in [0.3, 0.4) is 0 Å². The van der Waals surface area contributed by atoms with Gasteiger partial charge in [-0.15, -0.1) is 0 Å². The van der Waals surface area contributed by atoms with Crippen molar-refractivity contribution >= 4 is 22.8 Å². The number of nitrogens with zero attached hydrogens (tertiary/aromatic N) is 1. The molecule has 0 spiro atoms. The molecular formula is C22H28N2O3. The van der Waals surface area contributed by atoms with Crippen LogP contribution in [0.4, 0.5) is 0 Å². The predicted octanol–water partition coefficient (Wildman–Crippen LogP) is 4.09. The molecule has 0 aliphatic heterocycles. The van der Waals surface area contributed by atoms with Gasteiger partial charge in [0.15, 0.2) is 6.10 Å². The largest absolute Gasteiger partial charge is 0.449 e. The van der Waals surface area contributed by atoms with Crippen LogP contribution in [0.1, 0.15) is 61.1 Å². The lowest BCUT2D eigenvalue weighted by Crippen LogP contribution is -2.46. The quantitative estimate of drug-likeness (QED) is 0.825. The second kappa shape index (κ2) is 8.07. The standard InChI is InChI=1S/C22H28N2O3/c1-13-9-5-7-11-18(13)24-21(25)16(4)27-22(26)20-14(2)17-10-6-8-12-19(17)23-15(20)3/h6,8,10,12-13,16,18H,5,7,9,11H2,1-4H3,(H,24,25)/t13-,16+,18-/m0/s1. The fraction of sp³-hybridized carbons (Fsp3) is 0.500. The molecule has 144 valence electrons. The molecule has 1 amide bonds. The van der Waals surface area contributed by atoms with Crippen LogP contribution in [0.2, 0.25) is 0 Å². The molecule has 1 aliphatic carbocycles. The van der Waals surface area contributed by atoms with Crippen molar-refractivity contribution in [3.63, 3.8) is 0 Å².